The monoisotopic (exact) mass is 381 g/mol. The van der Waals surface area contributed by atoms with Crippen LogP contribution in [0.1, 0.15) is 30.7 Å². The van der Waals surface area contributed by atoms with Gasteiger partial charge in [-0.2, -0.15) is 0 Å². The standard InChI is InChI=1S/C22H24FN3O2/c23-18-7-2-3-8-19(18)24-21(27)15-26-14-16(17-6-1-4-9-20(17)26)11-13-25-12-5-10-22(25)28/h1-4,6-9,16H,5,10-15H2,(H,24,27). The molecule has 146 valence electrons. The molecule has 1 atom stereocenters. The average Bonchev–Trinajstić information content (AvgIpc) is 3.25. The SMILES string of the molecule is O=C(CN1CC(CCN2CCCC2=O)c2ccccc21)Nc1ccccc1F. The molecule has 1 unspecified atom stereocenters. The number of anilines is 2. The van der Waals surface area contributed by atoms with Crippen LogP contribution in [0.5, 0.6) is 0 Å². The number of rotatable bonds is 6. The average molecular weight is 381 g/mol. The molecular weight excluding hydrogens is 357 g/mol. The Morgan fingerprint density at radius 2 is 1.89 bits per heavy atom. The van der Waals surface area contributed by atoms with Crippen molar-refractivity contribution in [3.05, 3.63) is 59.9 Å². The van der Waals surface area contributed by atoms with E-state index in [1.54, 1.807) is 18.2 Å². The van der Waals surface area contributed by atoms with Crippen LogP contribution in [0.2, 0.25) is 0 Å². The molecule has 0 spiro atoms. The van der Waals surface area contributed by atoms with Crippen molar-refractivity contribution in [3.8, 4) is 0 Å². The number of amides is 2. The van der Waals surface area contributed by atoms with Crippen LogP contribution in [0, 0.1) is 5.82 Å². The third kappa shape index (κ3) is 3.86. The highest BCUT2D eigenvalue weighted by molar-refractivity contribution is 5.94. The van der Waals surface area contributed by atoms with Crippen molar-refractivity contribution in [2.24, 2.45) is 0 Å². The highest BCUT2D eigenvalue weighted by atomic mass is 19.1. The zero-order valence-corrected chi connectivity index (χ0v) is 15.7. The molecule has 0 aromatic heterocycles. The molecule has 0 radical (unpaired) electrons. The summed E-state index contributed by atoms with van der Waals surface area (Å²) < 4.78 is 13.8. The van der Waals surface area contributed by atoms with E-state index in [-0.39, 0.29) is 30.0 Å². The van der Waals surface area contributed by atoms with Crippen molar-refractivity contribution in [2.75, 3.05) is 36.4 Å². The number of fused-ring (bicyclic) bond motifs is 1. The number of carbonyl (C=O) groups excluding carboxylic acids is 2. The van der Waals surface area contributed by atoms with Gasteiger partial charge in [-0.1, -0.05) is 30.3 Å². The molecule has 2 aromatic carbocycles. The fraction of sp³-hybridized carbons (Fsp3) is 0.364. The Hall–Kier alpha value is -2.89. The summed E-state index contributed by atoms with van der Waals surface area (Å²) in [5.41, 5.74) is 2.46. The smallest absolute Gasteiger partial charge is 0.243 e. The topological polar surface area (TPSA) is 52.7 Å². The number of benzene rings is 2. The molecule has 5 nitrogen and oxygen atoms in total. The number of halogens is 1. The molecule has 1 fully saturated rings. The van der Waals surface area contributed by atoms with E-state index in [0.717, 1.165) is 38.2 Å². The van der Waals surface area contributed by atoms with Gasteiger partial charge in [0.15, 0.2) is 0 Å². The molecule has 2 amide bonds. The lowest BCUT2D eigenvalue weighted by Crippen LogP contribution is -2.33. The molecule has 1 N–H and O–H groups in total. The number of likely N-dealkylation sites (tertiary alicyclic amines) is 1. The van der Waals surface area contributed by atoms with Crippen LogP contribution in [-0.2, 0) is 9.59 Å². The minimum atomic E-state index is -0.439. The van der Waals surface area contributed by atoms with Crippen molar-refractivity contribution in [3.63, 3.8) is 0 Å². The Morgan fingerprint density at radius 1 is 1.11 bits per heavy atom. The maximum atomic E-state index is 13.8. The van der Waals surface area contributed by atoms with Gasteiger partial charge in [-0.05, 0) is 36.6 Å². The van der Waals surface area contributed by atoms with Crippen molar-refractivity contribution in [2.45, 2.75) is 25.2 Å². The van der Waals surface area contributed by atoms with E-state index in [2.05, 4.69) is 11.4 Å². The van der Waals surface area contributed by atoms with Gasteiger partial charge in [0, 0.05) is 37.7 Å². The van der Waals surface area contributed by atoms with Gasteiger partial charge in [0.1, 0.15) is 5.82 Å². The van der Waals surface area contributed by atoms with E-state index in [4.69, 9.17) is 0 Å². The summed E-state index contributed by atoms with van der Waals surface area (Å²) in [7, 11) is 0. The largest absolute Gasteiger partial charge is 0.361 e. The predicted molar refractivity (Wildman–Crippen MR) is 107 cm³/mol. The third-order valence-corrected chi connectivity index (χ3v) is 5.56. The minimum Gasteiger partial charge on any atom is -0.361 e. The van der Waals surface area contributed by atoms with Gasteiger partial charge in [0.05, 0.1) is 12.2 Å². The van der Waals surface area contributed by atoms with Gasteiger partial charge in [-0.3, -0.25) is 9.59 Å². The third-order valence-electron chi connectivity index (χ3n) is 5.56. The van der Waals surface area contributed by atoms with Crippen LogP contribution in [0.4, 0.5) is 15.8 Å². The summed E-state index contributed by atoms with van der Waals surface area (Å²) in [5, 5.41) is 2.66. The Labute approximate surface area is 164 Å². The van der Waals surface area contributed by atoms with Gasteiger partial charge >= 0.3 is 0 Å². The Kier molecular flexibility index (Phi) is 5.28. The molecule has 0 aliphatic carbocycles. The molecule has 6 heteroatoms. The predicted octanol–water partition coefficient (Wildman–Crippen LogP) is 3.38. The number of nitrogens with zero attached hydrogens (tertiary/aromatic N) is 2. The number of carbonyl (C=O) groups is 2. The van der Waals surface area contributed by atoms with Crippen LogP contribution in [0.25, 0.3) is 0 Å². The number of nitrogens with one attached hydrogen (secondary N) is 1. The Morgan fingerprint density at radius 3 is 2.68 bits per heavy atom. The van der Waals surface area contributed by atoms with Gasteiger partial charge in [-0.15, -0.1) is 0 Å². The summed E-state index contributed by atoms with van der Waals surface area (Å²) in [5.74, 6) is -0.153. The van der Waals surface area contributed by atoms with E-state index in [1.165, 1.54) is 11.6 Å². The molecule has 2 heterocycles. The van der Waals surface area contributed by atoms with Crippen molar-refractivity contribution in [1.29, 1.82) is 0 Å². The van der Waals surface area contributed by atoms with Crippen LogP contribution in [-0.4, -0.2) is 42.9 Å². The van der Waals surface area contributed by atoms with Crippen LogP contribution >= 0.6 is 0 Å². The lowest BCUT2D eigenvalue weighted by molar-refractivity contribution is -0.127. The second kappa shape index (κ2) is 8.00. The van der Waals surface area contributed by atoms with Crippen LogP contribution in [0.3, 0.4) is 0 Å². The van der Waals surface area contributed by atoms with E-state index < -0.39 is 5.82 Å². The lowest BCUT2D eigenvalue weighted by atomic mass is 9.98. The summed E-state index contributed by atoms with van der Waals surface area (Å²) in [6.45, 7) is 2.51. The van der Waals surface area contributed by atoms with Crippen molar-refractivity contribution >= 4 is 23.2 Å². The molecule has 2 aromatic rings. The fourth-order valence-corrected chi connectivity index (χ4v) is 4.16. The second-order valence-corrected chi connectivity index (χ2v) is 7.44. The van der Waals surface area contributed by atoms with Gasteiger partial charge in [0.25, 0.3) is 0 Å². The fourth-order valence-electron chi connectivity index (χ4n) is 4.16. The first-order valence-corrected chi connectivity index (χ1v) is 9.78. The van der Waals surface area contributed by atoms with Gasteiger partial charge in [-0.25, -0.2) is 4.39 Å². The molecule has 1 saturated heterocycles. The summed E-state index contributed by atoms with van der Waals surface area (Å²) >= 11 is 0. The summed E-state index contributed by atoms with van der Waals surface area (Å²) in [6, 6.07) is 14.3. The summed E-state index contributed by atoms with van der Waals surface area (Å²) in [6.07, 6.45) is 2.49. The highest BCUT2D eigenvalue weighted by Crippen LogP contribution is 2.38. The molecule has 0 saturated carbocycles. The van der Waals surface area contributed by atoms with Crippen molar-refractivity contribution in [1.82, 2.24) is 4.90 Å². The maximum absolute atomic E-state index is 13.8. The molecule has 28 heavy (non-hydrogen) atoms. The Balaban J connectivity index is 1.41. The first-order valence-electron chi connectivity index (χ1n) is 9.78. The lowest BCUT2D eigenvalue weighted by Gasteiger charge is -2.21. The van der Waals surface area contributed by atoms with Crippen LogP contribution < -0.4 is 10.2 Å². The first-order chi connectivity index (χ1) is 13.6. The quantitative estimate of drug-likeness (QED) is 0.835. The van der Waals surface area contributed by atoms with Crippen molar-refractivity contribution < 1.29 is 14.0 Å². The number of hydrogen-bond acceptors (Lipinski definition) is 3. The van der Waals surface area contributed by atoms with E-state index in [1.807, 2.05) is 28.0 Å². The van der Waals surface area contributed by atoms with E-state index >= 15 is 0 Å². The number of para-hydroxylation sites is 2. The zero-order valence-electron chi connectivity index (χ0n) is 15.7. The molecule has 2 aliphatic rings. The second-order valence-electron chi connectivity index (χ2n) is 7.44. The Bertz CT molecular complexity index is 886. The maximum Gasteiger partial charge on any atom is 0.243 e. The minimum absolute atomic E-state index is 0.171. The molecular formula is C22H24FN3O2. The zero-order chi connectivity index (χ0) is 19.5. The number of hydrogen-bond donors (Lipinski definition) is 1. The molecule has 2 aliphatic heterocycles. The van der Waals surface area contributed by atoms with Gasteiger partial charge in [0.2, 0.25) is 11.8 Å². The normalized spacial score (nSPS) is 18.5. The van der Waals surface area contributed by atoms with E-state index in [9.17, 15) is 14.0 Å². The van der Waals surface area contributed by atoms with E-state index in [0.29, 0.717) is 6.42 Å². The highest BCUT2D eigenvalue weighted by Gasteiger charge is 2.30. The molecule has 4 rings (SSSR count). The first kappa shape index (κ1) is 18.5. The molecule has 0 bridgehead atoms. The summed E-state index contributed by atoms with van der Waals surface area (Å²) in [4.78, 5) is 28.3. The van der Waals surface area contributed by atoms with Crippen LogP contribution in [0.15, 0.2) is 48.5 Å². The van der Waals surface area contributed by atoms with Gasteiger partial charge < -0.3 is 15.1 Å².